The summed E-state index contributed by atoms with van der Waals surface area (Å²) in [6.07, 6.45) is 7.44. The van der Waals surface area contributed by atoms with E-state index < -0.39 is 0 Å². The van der Waals surface area contributed by atoms with Gasteiger partial charge < -0.3 is 5.32 Å². The smallest absolute Gasteiger partial charge is 0.0626 e. The Labute approximate surface area is 103 Å². The number of rotatable bonds is 2. The van der Waals surface area contributed by atoms with Crippen LogP contribution in [0.1, 0.15) is 12.1 Å². The molecule has 0 aromatic carbocycles. The van der Waals surface area contributed by atoms with E-state index in [0.717, 1.165) is 18.8 Å². The molecule has 1 fully saturated rings. The van der Waals surface area contributed by atoms with E-state index in [1.165, 1.54) is 6.42 Å². The van der Waals surface area contributed by atoms with Crippen LogP contribution in [0.5, 0.6) is 0 Å². The van der Waals surface area contributed by atoms with Gasteiger partial charge in [0.1, 0.15) is 0 Å². The van der Waals surface area contributed by atoms with Gasteiger partial charge in [0.2, 0.25) is 0 Å². The first-order valence-corrected chi connectivity index (χ1v) is 4.75. The van der Waals surface area contributed by atoms with Crippen LogP contribution in [0.4, 0.5) is 0 Å². The molecule has 0 bridgehead atoms. The molecule has 0 saturated carbocycles. The molecule has 1 atom stereocenters. The highest BCUT2D eigenvalue weighted by Gasteiger charge is 2.09. The average molecular weight is 247 g/mol. The van der Waals surface area contributed by atoms with Crippen LogP contribution in [0.2, 0.25) is 0 Å². The fourth-order valence-electron chi connectivity index (χ4n) is 1.55. The Hall–Kier alpha value is -0.570. The molecule has 0 radical (unpaired) electrons. The maximum absolute atomic E-state index is 4.23. The number of halogens is 2. The maximum Gasteiger partial charge on any atom is 0.0626 e. The van der Waals surface area contributed by atoms with Crippen molar-refractivity contribution < 1.29 is 0 Å². The fraction of sp³-hybridized carbons (Fsp3) is 0.364. The molecule has 1 aliphatic heterocycles. The minimum atomic E-state index is 0. The summed E-state index contributed by atoms with van der Waals surface area (Å²) in [4.78, 5) is 4.23. The zero-order chi connectivity index (χ0) is 8.93. The summed E-state index contributed by atoms with van der Waals surface area (Å²) in [7, 11) is 0. The zero-order valence-electron chi connectivity index (χ0n) is 8.43. The van der Waals surface area contributed by atoms with Crippen molar-refractivity contribution in [1.29, 1.82) is 0 Å². The number of pyridine rings is 1. The number of aromatic nitrogens is 1. The fourth-order valence-corrected chi connectivity index (χ4v) is 1.55. The topological polar surface area (TPSA) is 24.9 Å². The van der Waals surface area contributed by atoms with Gasteiger partial charge in [0.05, 0.1) is 5.69 Å². The summed E-state index contributed by atoms with van der Waals surface area (Å²) in [5, 5.41) is 3.34. The van der Waals surface area contributed by atoms with E-state index in [1.807, 2.05) is 24.4 Å². The molecular weight excluding hydrogens is 231 g/mol. The van der Waals surface area contributed by atoms with E-state index in [9.17, 15) is 0 Å². The molecule has 1 aromatic heterocycles. The molecule has 84 valence electrons. The van der Waals surface area contributed by atoms with Crippen LogP contribution in [0.25, 0.3) is 6.08 Å². The van der Waals surface area contributed by atoms with Gasteiger partial charge in [-0.25, -0.2) is 0 Å². The first-order chi connectivity index (χ1) is 6.45. The summed E-state index contributed by atoms with van der Waals surface area (Å²) in [5.74, 6) is 0.696. The standard InChI is InChI=1S/C11H14N2.2ClH/c1-2-7-13-11(3-1)5-4-10-6-8-12-9-10;;/h1-5,7,10,12H,6,8-9H2;2*1H/b5-4+;;. The van der Waals surface area contributed by atoms with Crippen molar-refractivity contribution in [2.45, 2.75) is 6.42 Å². The normalized spacial score (nSPS) is 19.6. The summed E-state index contributed by atoms with van der Waals surface area (Å²) in [5.41, 5.74) is 1.05. The van der Waals surface area contributed by atoms with Gasteiger partial charge in [0.25, 0.3) is 0 Å². The van der Waals surface area contributed by atoms with E-state index in [0.29, 0.717) is 5.92 Å². The van der Waals surface area contributed by atoms with Crippen LogP contribution >= 0.6 is 24.8 Å². The van der Waals surface area contributed by atoms with E-state index >= 15 is 0 Å². The minimum Gasteiger partial charge on any atom is -0.316 e. The highest BCUT2D eigenvalue weighted by molar-refractivity contribution is 5.85. The lowest BCUT2D eigenvalue weighted by Gasteiger charge is -1.98. The van der Waals surface area contributed by atoms with Gasteiger partial charge in [0, 0.05) is 12.7 Å². The van der Waals surface area contributed by atoms with Crippen molar-refractivity contribution in [3.05, 3.63) is 36.2 Å². The lowest BCUT2D eigenvalue weighted by atomic mass is 10.1. The van der Waals surface area contributed by atoms with Crippen molar-refractivity contribution in [2.24, 2.45) is 5.92 Å². The second kappa shape index (κ2) is 7.69. The van der Waals surface area contributed by atoms with Crippen molar-refractivity contribution >= 4 is 30.9 Å². The van der Waals surface area contributed by atoms with Gasteiger partial charge in [-0.2, -0.15) is 0 Å². The molecule has 1 aromatic rings. The molecule has 2 heterocycles. The first-order valence-electron chi connectivity index (χ1n) is 4.75. The monoisotopic (exact) mass is 246 g/mol. The zero-order valence-corrected chi connectivity index (χ0v) is 10.1. The Morgan fingerprint density at radius 3 is 2.80 bits per heavy atom. The molecule has 1 unspecified atom stereocenters. The van der Waals surface area contributed by atoms with Crippen LogP contribution in [-0.4, -0.2) is 18.1 Å². The quantitative estimate of drug-likeness (QED) is 0.868. The van der Waals surface area contributed by atoms with Crippen molar-refractivity contribution in [1.82, 2.24) is 10.3 Å². The molecule has 1 saturated heterocycles. The lowest BCUT2D eigenvalue weighted by Crippen LogP contribution is -2.07. The molecule has 0 spiro atoms. The molecule has 1 aliphatic rings. The predicted octanol–water partition coefficient (Wildman–Crippen LogP) is 2.55. The van der Waals surface area contributed by atoms with Crippen LogP contribution in [-0.2, 0) is 0 Å². The Morgan fingerprint density at radius 2 is 2.20 bits per heavy atom. The molecule has 0 aliphatic carbocycles. The molecule has 0 amide bonds. The first kappa shape index (κ1) is 14.4. The van der Waals surface area contributed by atoms with Crippen LogP contribution in [0.15, 0.2) is 30.5 Å². The third-order valence-corrected chi connectivity index (χ3v) is 2.33. The van der Waals surface area contributed by atoms with Crippen LogP contribution < -0.4 is 5.32 Å². The van der Waals surface area contributed by atoms with Crippen molar-refractivity contribution in [3.63, 3.8) is 0 Å². The summed E-state index contributed by atoms with van der Waals surface area (Å²) < 4.78 is 0. The molecular formula is C11H16Cl2N2. The second-order valence-corrected chi connectivity index (χ2v) is 3.37. The summed E-state index contributed by atoms with van der Waals surface area (Å²) in [6, 6.07) is 5.98. The summed E-state index contributed by atoms with van der Waals surface area (Å²) in [6.45, 7) is 2.26. The number of hydrogen-bond acceptors (Lipinski definition) is 2. The summed E-state index contributed by atoms with van der Waals surface area (Å²) >= 11 is 0. The van der Waals surface area contributed by atoms with E-state index in [2.05, 4.69) is 22.5 Å². The minimum absolute atomic E-state index is 0. The van der Waals surface area contributed by atoms with Gasteiger partial charge in [-0.3, -0.25) is 4.98 Å². The third kappa shape index (κ3) is 4.65. The van der Waals surface area contributed by atoms with Crippen molar-refractivity contribution in [3.8, 4) is 0 Å². The largest absolute Gasteiger partial charge is 0.316 e. The third-order valence-electron chi connectivity index (χ3n) is 2.33. The molecule has 2 rings (SSSR count). The SMILES string of the molecule is C(=C\C1CCNC1)/c1ccccn1.Cl.Cl. The Bertz CT molecular complexity index is 282. The molecule has 15 heavy (non-hydrogen) atoms. The molecule has 4 heteroatoms. The van der Waals surface area contributed by atoms with Gasteiger partial charge in [-0.05, 0) is 37.1 Å². The van der Waals surface area contributed by atoms with Gasteiger partial charge in [0.15, 0.2) is 0 Å². The van der Waals surface area contributed by atoms with Gasteiger partial charge in [-0.15, -0.1) is 24.8 Å². The highest BCUT2D eigenvalue weighted by atomic mass is 35.5. The maximum atomic E-state index is 4.23. The predicted molar refractivity (Wildman–Crippen MR) is 68.7 cm³/mol. The Kier molecular flexibility index (Phi) is 7.39. The number of nitrogens with one attached hydrogen (secondary N) is 1. The van der Waals surface area contributed by atoms with E-state index in [1.54, 1.807) is 0 Å². The van der Waals surface area contributed by atoms with Crippen molar-refractivity contribution in [2.75, 3.05) is 13.1 Å². The lowest BCUT2D eigenvalue weighted by molar-refractivity contribution is 0.731. The van der Waals surface area contributed by atoms with E-state index in [-0.39, 0.29) is 24.8 Å². The van der Waals surface area contributed by atoms with E-state index in [4.69, 9.17) is 0 Å². The average Bonchev–Trinajstić information content (AvgIpc) is 2.69. The van der Waals surface area contributed by atoms with Gasteiger partial charge >= 0.3 is 0 Å². The molecule has 1 N–H and O–H groups in total. The second-order valence-electron chi connectivity index (χ2n) is 3.37. The van der Waals surface area contributed by atoms with Crippen LogP contribution in [0, 0.1) is 5.92 Å². The van der Waals surface area contributed by atoms with Gasteiger partial charge in [-0.1, -0.05) is 12.1 Å². The molecule has 2 nitrogen and oxygen atoms in total. The number of nitrogens with zero attached hydrogens (tertiary/aromatic N) is 1. The Balaban J connectivity index is 0.000000980. The Morgan fingerprint density at radius 1 is 1.33 bits per heavy atom. The van der Waals surface area contributed by atoms with Crippen LogP contribution in [0.3, 0.4) is 0 Å². The highest BCUT2D eigenvalue weighted by Crippen LogP contribution is 2.10. The number of hydrogen-bond donors (Lipinski definition) is 1.